The molecule has 0 bridgehead atoms. The third-order valence-corrected chi connectivity index (χ3v) is 4.78. The average Bonchev–Trinajstić information content (AvgIpc) is 3.04. The zero-order chi connectivity index (χ0) is 13.6. The third kappa shape index (κ3) is 3.30. The molecule has 1 saturated carbocycles. The van der Waals surface area contributed by atoms with Crippen molar-refractivity contribution in [3.8, 4) is 0 Å². The molecule has 0 amide bonds. The zero-order valence-electron chi connectivity index (χ0n) is 12.2. The highest BCUT2D eigenvalue weighted by Gasteiger charge is 2.25. The lowest BCUT2D eigenvalue weighted by Gasteiger charge is -2.24. The van der Waals surface area contributed by atoms with Crippen molar-refractivity contribution in [3.63, 3.8) is 0 Å². The molecule has 0 aromatic heterocycles. The molecular formula is C20H24. The molecule has 0 aliphatic heterocycles. The van der Waals surface area contributed by atoms with Crippen molar-refractivity contribution in [1.82, 2.24) is 0 Å². The first-order valence-electron chi connectivity index (χ1n) is 8.02. The Hall–Kier alpha value is -1.56. The molecule has 0 spiro atoms. The fraction of sp³-hybridized carbons (Fsp3) is 0.400. The van der Waals surface area contributed by atoms with Crippen molar-refractivity contribution >= 4 is 0 Å². The summed E-state index contributed by atoms with van der Waals surface area (Å²) in [5.41, 5.74) is 3.03. The van der Waals surface area contributed by atoms with E-state index < -0.39 is 0 Å². The lowest BCUT2D eigenvalue weighted by Crippen LogP contribution is -2.11. The maximum absolute atomic E-state index is 2.33. The first-order chi connectivity index (χ1) is 9.93. The summed E-state index contributed by atoms with van der Waals surface area (Å²) in [5.74, 6) is 1.65. The van der Waals surface area contributed by atoms with Crippen LogP contribution in [-0.2, 0) is 6.42 Å². The first kappa shape index (κ1) is 13.4. The maximum atomic E-state index is 2.33. The summed E-state index contributed by atoms with van der Waals surface area (Å²) in [6, 6.07) is 22.1. The van der Waals surface area contributed by atoms with E-state index in [1.54, 1.807) is 5.56 Å². The number of benzene rings is 2. The highest BCUT2D eigenvalue weighted by molar-refractivity contribution is 5.22. The zero-order valence-corrected chi connectivity index (χ0v) is 12.2. The normalized spacial score (nSPS) is 17.2. The monoisotopic (exact) mass is 264 g/mol. The van der Waals surface area contributed by atoms with Crippen LogP contribution in [0.3, 0.4) is 0 Å². The van der Waals surface area contributed by atoms with Gasteiger partial charge in [-0.2, -0.15) is 0 Å². The van der Waals surface area contributed by atoms with Gasteiger partial charge in [0.2, 0.25) is 0 Å². The van der Waals surface area contributed by atoms with E-state index in [0.29, 0.717) is 0 Å². The lowest BCUT2D eigenvalue weighted by atomic mass is 9.81. The van der Waals surface area contributed by atoms with Gasteiger partial charge in [0.25, 0.3) is 0 Å². The second-order valence-electron chi connectivity index (χ2n) is 6.09. The Morgan fingerprint density at radius 2 is 1.40 bits per heavy atom. The molecule has 0 heteroatoms. The van der Waals surface area contributed by atoms with E-state index in [1.807, 2.05) is 0 Å². The summed E-state index contributed by atoms with van der Waals surface area (Å²) < 4.78 is 0. The van der Waals surface area contributed by atoms with Gasteiger partial charge in [-0.3, -0.25) is 0 Å². The van der Waals surface area contributed by atoms with E-state index in [4.69, 9.17) is 0 Å². The highest BCUT2D eigenvalue weighted by Crippen LogP contribution is 2.39. The number of hydrogen-bond acceptors (Lipinski definition) is 0. The maximum Gasteiger partial charge on any atom is -0.0130 e. The Morgan fingerprint density at radius 1 is 0.800 bits per heavy atom. The van der Waals surface area contributed by atoms with E-state index >= 15 is 0 Å². The Labute approximate surface area is 122 Å². The minimum Gasteiger partial charge on any atom is -0.0622 e. The molecule has 1 aliphatic rings. The van der Waals surface area contributed by atoms with Gasteiger partial charge < -0.3 is 0 Å². The summed E-state index contributed by atoms with van der Waals surface area (Å²) in [7, 11) is 0. The number of rotatable bonds is 5. The predicted molar refractivity (Wildman–Crippen MR) is 85.9 cm³/mol. The Bertz CT molecular complexity index is 494. The van der Waals surface area contributed by atoms with Crippen molar-refractivity contribution in [2.75, 3.05) is 0 Å². The molecule has 2 aromatic carbocycles. The smallest absolute Gasteiger partial charge is 0.0130 e. The van der Waals surface area contributed by atoms with E-state index in [2.05, 4.69) is 60.7 Å². The van der Waals surface area contributed by atoms with Crippen LogP contribution in [0.1, 0.15) is 49.1 Å². The number of aryl methyl sites for hydroxylation is 1. The fourth-order valence-electron chi connectivity index (χ4n) is 3.70. The quantitative estimate of drug-likeness (QED) is 0.660. The summed E-state index contributed by atoms with van der Waals surface area (Å²) in [4.78, 5) is 0. The van der Waals surface area contributed by atoms with E-state index in [-0.39, 0.29) is 0 Å². The van der Waals surface area contributed by atoms with Crippen molar-refractivity contribution in [2.45, 2.75) is 44.4 Å². The molecule has 1 fully saturated rings. The largest absolute Gasteiger partial charge is 0.0622 e. The fourth-order valence-corrected chi connectivity index (χ4v) is 3.70. The second kappa shape index (κ2) is 6.74. The van der Waals surface area contributed by atoms with Gasteiger partial charge in [-0.25, -0.2) is 0 Å². The van der Waals surface area contributed by atoms with Crippen molar-refractivity contribution in [3.05, 3.63) is 71.8 Å². The van der Waals surface area contributed by atoms with Crippen LogP contribution in [0, 0.1) is 5.92 Å². The summed E-state index contributed by atoms with van der Waals surface area (Å²) in [6.45, 7) is 0. The minimum atomic E-state index is 0.749. The van der Waals surface area contributed by atoms with Gasteiger partial charge in [-0.15, -0.1) is 0 Å². The summed E-state index contributed by atoms with van der Waals surface area (Å²) in [6.07, 6.45) is 8.21. The van der Waals surface area contributed by atoms with Crippen LogP contribution < -0.4 is 0 Å². The Balaban J connectivity index is 1.72. The minimum absolute atomic E-state index is 0.749. The lowest BCUT2D eigenvalue weighted by molar-refractivity contribution is 0.412. The van der Waals surface area contributed by atoms with Crippen LogP contribution in [0.15, 0.2) is 60.7 Å². The Morgan fingerprint density at radius 3 is 2.05 bits per heavy atom. The molecule has 0 N–H and O–H groups in total. The molecule has 0 nitrogen and oxygen atoms in total. The van der Waals surface area contributed by atoms with Gasteiger partial charge in [-0.1, -0.05) is 73.5 Å². The summed E-state index contributed by atoms with van der Waals surface area (Å²) in [5, 5.41) is 0. The van der Waals surface area contributed by atoms with Crippen LogP contribution in [0.2, 0.25) is 0 Å². The van der Waals surface area contributed by atoms with Crippen LogP contribution >= 0.6 is 0 Å². The van der Waals surface area contributed by atoms with Crippen LogP contribution in [0.5, 0.6) is 0 Å². The van der Waals surface area contributed by atoms with Gasteiger partial charge in [-0.05, 0) is 48.6 Å². The van der Waals surface area contributed by atoms with E-state index in [9.17, 15) is 0 Å². The Kier molecular flexibility index (Phi) is 4.53. The molecule has 1 aliphatic carbocycles. The molecule has 0 heterocycles. The average molecular weight is 264 g/mol. The van der Waals surface area contributed by atoms with E-state index in [1.165, 1.54) is 44.1 Å². The predicted octanol–water partition coefficient (Wildman–Crippen LogP) is 5.59. The van der Waals surface area contributed by atoms with Gasteiger partial charge in [0.15, 0.2) is 0 Å². The molecular weight excluding hydrogens is 240 g/mol. The van der Waals surface area contributed by atoms with Crippen molar-refractivity contribution in [1.29, 1.82) is 0 Å². The van der Waals surface area contributed by atoms with Gasteiger partial charge >= 0.3 is 0 Å². The van der Waals surface area contributed by atoms with Crippen LogP contribution in [0.25, 0.3) is 0 Å². The molecule has 0 saturated heterocycles. The SMILES string of the molecule is c1ccc(CCC(c2ccccc2)C2CCCC2)cc1. The molecule has 0 radical (unpaired) electrons. The molecule has 20 heavy (non-hydrogen) atoms. The molecule has 1 unspecified atom stereocenters. The first-order valence-corrected chi connectivity index (χ1v) is 8.02. The molecule has 2 aromatic rings. The standard InChI is InChI=1S/C20H24/c1-3-9-17(10-4-1)15-16-20(19-13-7-8-14-19)18-11-5-2-6-12-18/h1-6,9-12,19-20H,7-8,13-16H2. The van der Waals surface area contributed by atoms with Crippen molar-refractivity contribution in [2.24, 2.45) is 5.92 Å². The van der Waals surface area contributed by atoms with E-state index in [0.717, 1.165) is 11.8 Å². The van der Waals surface area contributed by atoms with Crippen molar-refractivity contribution < 1.29 is 0 Å². The van der Waals surface area contributed by atoms with Gasteiger partial charge in [0, 0.05) is 0 Å². The van der Waals surface area contributed by atoms with Gasteiger partial charge in [0.1, 0.15) is 0 Å². The third-order valence-electron chi connectivity index (χ3n) is 4.78. The van der Waals surface area contributed by atoms with Crippen LogP contribution in [-0.4, -0.2) is 0 Å². The topological polar surface area (TPSA) is 0 Å². The van der Waals surface area contributed by atoms with Gasteiger partial charge in [0.05, 0.1) is 0 Å². The summed E-state index contributed by atoms with van der Waals surface area (Å²) >= 11 is 0. The molecule has 104 valence electrons. The highest BCUT2D eigenvalue weighted by atomic mass is 14.3. The molecule has 1 atom stereocenters. The number of hydrogen-bond donors (Lipinski definition) is 0. The van der Waals surface area contributed by atoms with Crippen LogP contribution in [0.4, 0.5) is 0 Å². The molecule has 3 rings (SSSR count). The second-order valence-corrected chi connectivity index (χ2v) is 6.09.